The van der Waals surface area contributed by atoms with E-state index < -0.39 is 8.32 Å². The van der Waals surface area contributed by atoms with Crippen molar-refractivity contribution in [3.05, 3.63) is 5.21 Å². The quantitative estimate of drug-likeness (QED) is 0.233. The van der Waals surface area contributed by atoms with Crippen LogP contribution in [-0.2, 0) is 4.53 Å². The summed E-state index contributed by atoms with van der Waals surface area (Å²) in [7, 11) is -1.86. The summed E-state index contributed by atoms with van der Waals surface area (Å²) in [5.74, 6) is 0. The van der Waals surface area contributed by atoms with Gasteiger partial charge in [-0.15, -0.1) is 0 Å². The van der Waals surface area contributed by atoms with Crippen LogP contribution >= 0.6 is 0 Å². The Hall–Kier alpha value is -0.513. The van der Waals surface area contributed by atoms with Gasteiger partial charge in [0.15, 0.2) is 8.32 Å². The van der Waals surface area contributed by atoms with E-state index in [0.29, 0.717) is 4.90 Å². The topological polar surface area (TPSA) is 35.3 Å². The lowest BCUT2D eigenvalue weighted by atomic mass is 10.4. The average Bonchev–Trinajstić information content (AvgIpc) is 2.40. The zero-order chi connectivity index (χ0) is 13.9. The molecule has 0 aromatic rings. The highest BCUT2D eigenvalue weighted by atomic mass is 28.4. The molecule has 0 spiro atoms. The van der Waals surface area contributed by atoms with Crippen LogP contribution in [0.15, 0.2) is 0 Å². The summed E-state index contributed by atoms with van der Waals surface area (Å²) >= 11 is 0. The second-order valence-corrected chi connectivity index (χ2v) is 9.18. The lowest BCUT2D eigenvalue weighted by molar-refractivity contribution is -0.701. The minimum Gasteiger partial charge on any atom is -0.443 e. The number of hydrogen-bond donors (Lipinski definition) is 0. The molecule has 0 bridgehead atoms. The molecule has 0 heterocycles. The van der Waals surface area contributed by atoms with Gasteiger partial charge in [0, 0.05) is 11.8 Å². The fourth-order valence-corrected chi connectivity index (χ4v) is 6.76. The summed E-state index contributed by atoms with van der Waals surface area (Å²) in [6.07, 6.45) is 8.62. The molecule has 0 aromatic carbocycles. The molecular formula is C14H31NO2Si. The Morgan fingerprint density at radius 1 is 0.944 bits per heavy atom. The maximum Gasteiger partial charge on any atom is 0.206 e. The third-order valence-electron chi connectivity index (χ3n) is 3.45. The predicted molar refractivity (Wildman–Crippen MR) is 81.3 cm³/mol. The van der Waals surface area contributed by atoms with Gasteiger partial charge in [-0.1, -0.05) is 59.3 Å². The Kier molecular flexibility index (Phi) is 10.1. The molecule has 0 aromatic heterocycles. The molecule has 108 valence electrons. The van der Waals surface area contributed by atoms with Gasteiger partial charge >= 0.3 is 0 Å². The van der Waals surface area contributed by atoms with E-state index in [2.05, 4.69) is 20.8 Å². The zero-order valence-corrected chi connectivity index (χ0v) is 13.7. The van der Waals surface area contributed by atoms with Crippen LogP contribution < -0.4 is 0 Å². The molecule has 0 fully saturated rings. The first-order chi connectivity index (χ1) is 8.64. The van der Waals surface area contributed by atoms with Crippen LogP contribution in [-0.4, -0.2) is 19.4 Å². The fourth-order valence-electron chi connectivity index (χ4n) is 2.25. The molecule has 0 aliphatic heterocycles. The summed E-state index contributed by atoms with van der Waals surface area (Å²) in [6, 6.07) is 3.40. The number of unbranched alkanes of at least 4 members (excludes halogenated alkanes) is 3. The number of hydrogen-bond acceptors (Lipinski definition) is 2. The van der Waals surface area contributed by atoms with E-state index in [1.807, 2.05) is 0 Å². The molecule has 0 unspecified atom stereocenters. The highest BCUT2D eigenvalue weighted by Crippen LogP contribution is 2.29. The van der Waals surface area contributed by atoms with Crippen LogP contribution in [0.25, 0.3) is 0 Å². The minimum atomic E-state index is -1.86. The van der Waals surface area contributed by atoms with Gasteiger partial charge in [-0.2, -0.15) is 0 Å². The molecule has 0 rings (SSSR count). The van der Waals surface area contributed by atoms with Crippen LogP contribution in [0.5, 0.6) is 0 Å². The summed E-state index contributed by atoms with van der Waals surface area (Å²) < 4.78 is 5.85. The molecule has 0 aliphatic rings. The van der Waals surface area contributed by atoms with Crippen molar-refractivity contribution in [2.45, 2.75) is 84.4 Å². The largest absolute Gasteiger partial charge is 0.443 e. The predicted octanol–water partition coefficient (Wildman–Crippen LogP) is 4.86. The van der Waals surface area contributed by atoms with E-state index in [9.17, 15) is 5.21 Å². The minimum absolute atomic E-state index is 0.715. The lowest BCUT2D eigenvalue weighted by Crippen LogP contribution is -2.40. The molecular weight excluding hydrogens is 242 g/mol. The summed E-state index contributed by atoms with van der Waals surface area (Å²) in [4.78, 5) is 0.715. The molecule has 3 nitrogen and oxygen atoms in total. The van der Waals surface area contributed by atoms with Gasteiger partial charge in [0.25, 0.3) is 0 Å². The maximum atomic E-state index is 11.6. The van der Waals surface area contributed by atoms with Crippen LogP contribution in [0, 0.1) is 5.21 Å². The number of rotatable bonds is 11. The van der Waals surface area contributed by atoms with Crippen molar-refractivity contribution in [3.8, 4) is 0 Å². The Morgan fingerprint density at radius 2 is 1.33 bits per heavy atom. The summed E-state index contributed by atoms with van der Waals surface area (Å²) in [5.41, 5.74) is 0. The molecule has 18 heavy (non-hydrogen) atoms. The van der Waals surface area contributed by atoms with Crippen LogP contribution in [0.2, 0.25) is 18.1 Å². The third kappa shape index (κ3) is 7.04. The standard InChI is InChI=1S/C14H31NO2Si/c1-5-9-12-18(13-10-6-2,14-11-7-3)17-15(16)8-4/h8H,5-7,9-14H2,1-4H3/b15-8+. The van der Waals surface area contributed by atoms with E-state index in [1.54, 1.807) is 6.92 Å². The Bertz CT molecular complexity index is 210. The third-order valence-corrected chi connectivity index (χ3v) is 7.81. The van der Waals surface area contributed by atoms with Gasteiger partial charge in [0.1, 0.15) is 0 Å². The summed E-state index contributed by atoms with van der Waals surface area (Å²) in [5, 5.41) is 11.6. The lowest BCUT2D eigenvalue weighted by Gasteiger charge is -2.33. The molecule has 0 radical (unpaired) electrons. The normalized spacial score (nSPS) is 12.8. The molecule has 4 heteroatoms. The van der Waals surface area contributed by atoms with Crippen molar-refractivity contribution in [3.63, 3.8) is 0 Å². The second kappa shape index (κ2) is 10.4. The highest BCUT2D eigenvalue weighted by Gasteiger charge is 2.32. The first-order valence-electron chi connectivity index (χ1n) is 7.59. The Labute approximate surface area is 114 Å². The highest BCUT2D eigenvalue weighted by molar-refractivity contribution is 6.73. The van der Waals surface area contributed by atoms with E-state index in [4.69, 9.17) is 4.53 Å². The SMILES string of the molecule is C/C=[N+](\[O-])O[Si](CCCC)(CCCC)CCCC. The van der Waals surface area contributed by atoms with Gasteiger partial charge in [-0.3, -0.25) is 5.21 Å². The second-order valence-electron chi connectivity index (χ2n) is 5.13. The fraction of sp³-hybridized carbons (Fsp3) is 0.929. The smallest absolute Gasteiger partial charge is 0.206 e. The van der Waals surface area contributed by atoms with Crippen LogP contribution in [0.4, 0.5) is 0 Å². The van der Waals surface area contributed by atoms with Crippen molar-refractivity contribution in [2.24, 2.45) is 0 Å². The van der Waals surface area contributed by atoms with Crippen molar-refractivity contribution < 1.29 is 9.43 Å². The average molecular weight is 273 g/mol. The monoisotopic (exact) mass is 273 g/mol. The van der Waals surface area contributed by atoms with Crippen molar-refractivity contribution >= 4 is 14.5 Å². The first-order valence-corrected chi connectivity index (χ1v) is 10.1. The molecule has 0 saturated heterocycles. The first kappa shape index (κ1) is 17.5. The van der Waals surface area contributed by atoms with E-state index in [0.717, 1.165) is 18.1 Å². The van der Waals surface area contributed by atoms with Gasteiger partial charge in [-0.05, 0) is 18.1 Å². The van der Waals surface area contributed by atoms with Gasteiger partial charge in [-0.25, -0.2) is 0 Å². The van der Waals surface area contributed by atoms with E-state index >= 15 is 0 Å². The Balaban J connectivity index is 4.72. The van der Waals surface area contributed by atoms with Crippen molar-refractivity contribution in [1.82, 2.24) is 0 Å². The molecule has 0 N–H and O–H groups in total. The van der Waals surface area contributed by atoms with E-state index in [1.165, 1.54) is 44.7 Å². The number of nitrogens with zero attached hydrogens (tertiary/aromatic N) is 1. The van der Waals surface area contributed by atoms with Gasteiger partial charge in [0.2, 0.25) is 6.21 Å². The van der Waals surface area contributed by atoms with E-state index in [-0.39, 0.29) is 0 Å². The Morgan fingerprint density at radius 3 is 1.61 bits per heavy atom. The van der Waals surface area contributed by atoms with Crippen LogP contribution in [0.1, 0.15) is 66.2 Å². The van der Waals surface area contributed by atoms with Crippen molar-refractivity contribution in [2.75, 3.05) is 0 Å². The van der Waals surface area contributed by atoms with Gasteiger partial charge in [0.05, 0.1) is 0 Å². The van der Waals surface area contributed by atoms with Gasteiger partial charge < -0.3 is 4.53 Å². The summed E-state index contributed by atoms with van der Waals surface area (Å²) in [6.45, 7) is 8.37. The van der Waals surface area contributed by atoms with Crippen molar-refractivity contribution in [1.29, 1.82) is 0 Å². The maximum absolute atomic E-state index is 11.6. The molecule has 0 aliphatic carbocycles. The van der Waals surface area contributed by atoms with Crippen LogP contribution in [0.3, 0.4) is 0 Å². The molecule has 0 atom stereocenters. The molecule has 0 saturated carbocycles. The molecule has 0 amide bonds. The zero-order valence-electron chi connectivity index (χ0n) is 12.7.